The first kappa shape index (κ1) is 15.1. The van der Waals surface area contributed by atoms with Crippen molar-refractivity contribution in [2.45, 2.75) is 38.3 Å². The molecule has 1 fully saturated rings. The Labute approximate surface area is 108 Å². The lowest BCUT2D eigenvalue weighted by molar-refractivity contribution is -0.142. The second-order valence-electron chi connectivity index (χ2n) is 4.55. The first-order valence-electron chi connectivity index (χ1n) is 6.42. The van der Waals surface area contributed by atoms with Gasteiger partial charge in [0.1, 0.15) is 0 Å². The third-order valence-corrected chi connectivity index (χ3v) is 3.25. The van der Waals surface area contributed by atoms with E-state index in [9.17, 15) is 9.59 Å². The zero-order valence-corrected chi connectivity index (χ0v) is 11.1. The number of ether oxygens (including phenoxy) is 1. The minimum absolute atomic E-state index is 0.0681. The fourth-order valence-corrected chi connectivity index (χ4v) is 2.38. The Morgan fingerprint density at radius 3 is 2.83 bits per heavy atom. The lowest BCUT2D eigenvalue weighted by atomic mass is 10.0. The van der Waals surface area contributed by atoms with Crippen LogP contribution in [0.5, 0.6) is 0 Å². The van der Waals surface area contributed by atoms with Crippen molar-refractivity contribution in [3.63, 3.8) is 0 Å². The van der Waals surface area contributed by atoms with E-state index < -0.39 is 0 Å². The summed E-state index contributed by atoms with van der Waals surface area (Å²) in [6.07, 6.45) is 2.38. The van der Waals surface area contributed by atoms with Gasteiger partial charge in [-0.15, -0.1) is 0 Å². The Morgan fingerprint density at radius 2 is 2.28 bits per heavy atom. The molecule has 104 valence electrons. The van der Waals surface area contributed by atoms with E-state index in [0.29, 0.717) is 19.6 Å². The van der Waals surface area contributed by atoms with Gasteiger partial charge in [0.2, 0.25) is 11.8 Å². The molecule has 0 aromatic heterocycles. The molecule has 6 heteroatoms. The monoisotopic (exact) mass is 257 g/mol. The normalized spacial score (nSPS) is 22.9. The van der Waals surface area contributed by atoms with Crippen LogP contribution in [0.25, 0.3) is 0 Å². The number of nitrogens with one attached hydrogen (secondary N) is 1. The molecule has 0 aromatic carbocycles. The molecule has 0 radical (unpaired) electrons. The molecule has 0 spiro atoms. The van der Waals surface area contributed by atoms with E-state index in [4.69, 9.17) is 10.5 Å². The number of rotatable bonds is 7. The van der Waals surface area contributed by atoms with Gasteiger partial charge in [-0.2, -0.15) is 0 Å². The first-order valence-corrected chi connectivity index (χ1v) is 6.42. The van der Waals surface area contributed by atoms with Crippen LogP contribution in [0.3, 0.4) is 0 Å². The van der Waals surface area contributed by atoms with Crippen LogP contribution < -0.4 is 11.1 Å². The smallest absolute Gasteiger partial charge is 0.243 e. The Hall–Kier alpha value is -0.980. The fraction of sp³-hybridized carbons (Fsp3) is 0.833. The van der Waals surface area contributed by atoms with Crippen LogP contribution in [0.1, 0.15) is 26.2 Å². The van der Waals surface area contributed by atoms with Gasteiger partial charge in [-0.1, -0.05) is 6.92 Å². The molecule has 0 aromatic rings. The van der Waals surface area contributed by atoms with Crippen LogP contribution in [0.4, 0.5) is 0 Å². The van der Waals surface area contributed by atoms with Crippen molar-refractivity contribution in [3.05, 3.63) is 0 Å². The molecule has 1 saturated heterocycles. The molecule has 0 bridgehead atoms. The van der Waals surface area contributed by atoms with Crippen LogP contribution in [0.2, 0.25) is 0 Å². The minimum atomic E-state index is -0.249. The number of piperazine rings is 1. The second kappa shape index (κ2) is 7.45. The Morgan fingerprint density at radius 1 is 1.56 bits per heavy atom. The molecule has 18 heavy (non-hydrogen) atoms. The average molecular weight is 257 g/mol. The van der Waals surface area contributed by atoms with Gasteiger partial charge in [0.25, 0.3) is 0 Å². The van der Waals surface area contributed by atoms with E-state index in [1.807, 2.05) is 11.8 Å². The number of methoxy groups -OCH3 is 1. The summed E-state index contributed by atoms with van der Waals surface area (Å²) in [6.45, 7) is 3.31. The number of imide groups is 1. The van der Waals surface area contributed by atoms with Gasteiger partial charge in [0.05, 0.1) is 19.2 Å². The van der Waals surface area contributed by atoms with E-state index in [-0.39, 0.29) is 30.4 Å². The zero-order chi connectivity index (χ0) is 13.5. The summed E-state index contributed by atoms with van der Waals surface area (Å²) in [6, 6.07) is -0.181. The van der Waals surface area contributed by atoms with Crippen molar-refractivity contribution in [3.8, 4) is 0 Å². The molecular formula is C12H23N3O3. The van der Waals surface area contributed by atoms with Crippen molar-refractivity contribution in [2.75, 3.05) is 26.8 Å². The molecule has 2 atom stereocenters. The summed E-state index contributed by atoms with van der Waals surface area (Å²) in [5.41, 5.74) is 5.52. The molecule has 1 aliphatic heterocycles. The Bertz CT molecular complexity index is 296. The van der Waals surface area contributed by atoms with Crippen LogP contribution in [-0.4, -0.2) is 55.6 Å². The van der Waals surface area contributed by atoms with E-state index >= 15 is 0 Å². The van der Waals surface area contributed by atoms with Gasteiger partial charge in [0.15, 0.2) is 0 Å². The van der Waals surface area contributed by atoms with Crippen molar-refractivity contribution in [1.29, 1.82) is 0 Å². The van der Waals surface area contributed by atoms with E-state index in [0.717, 1.165) is 12.8 Å². The summed E-state index contributed by atoms with van der Waals surface area (Å²) in [5, 5.41) is 2.38. The maximum atomic E-state index is 11.8. The quantitative estimate of drug-likeness (QED) is 0.599. The van der Waals surface area contributed by atoms with E-state index in [1.54, 1.807) is 7.11 Å². The van der Waals surface area contributed by atoms with Gasteiger partial charge in [-0.25, -0.2) is 0 Å². The van der Waals surface area contributed by atoms with Gasteiger partial charge in [-0.05, 0) is 25.8 Å². The van der Waals surface area contributed by atoms with Gasteiger partial charge in [-0.3, -0.25) is 19.8 Å². The minimum Gasteiger partial charge on any atom is -0.383 e. The molecule has 0 aliphatic carbocycles. The summed E-state index contributed by atoms with van der Waals surface area (Å²) in [5.74, 6) is -0.443. The number of nitrogens with zero attached hydrogens (tertiary/aromatic N) is 1. The number of carbonyl (C=O) groups is 2. The van der Waals surface area contributed by atoms with E-state index in [2.05, 4.69) is 5.32 Å². The van der Waals surface area contributed by atoms with E-state index in [1.165, 1.54) is 0 Å². The predicted octanol–water partition coefficient (Wildman–Crippen LogP) is -0.523. The molecule has 1 heterocycles. The van der Waals surface area contributed by atoms with Crippen LogP contribution in [0.15, 0.2) is 0 Å². The third kappa shape index (κ3) is 3.76. The van der Waals surface area contributed by atoms with Crippen LogP contribution >= 0.6 is 0 Å². The lowest BCUT2D eigenvalue weighted by Crippen LogP contribution is -2.61. The van der Waals surface area contributed by atoms with Crippen molar-refractivity contribution in [1.82, 2.24) is 10.2 Å². The molecule has 2 amide bonds. The topological polar surface area (TPSA) is 84.7 Å². The van der Waals surface area contributed by atoms with Gasteiger partial charge in [0, 0.05) is 13.2 Å². The molecule has 2 unspecified atom stereocenters. The highest BCUT2D eigenvalue weighted by molar-refractivity contribution is 6.01. The lowest BCUT2D eigenvalue weighted by Gasteiger charge is -2.39. The Kier molecular flexibility index (Phi) is 6.24. The number of amides is 2. The maximum Gasteiger partial charge on any atom is 0.243 e. The Balaban J connectivity index is 2.77. The molecule has 6 nitrogen and oxygen atoms in total. The summed E-state index contributed by atoms with van der Waals surface area (Å²) in [7, 11) is 1.63. The molecule has 1 aliphatic rings. The number of carbonyl (C=O) groups excluding carboxylic acids is 2. The third-order valence-electron chi connectivity index (χ3n) is 3.25. The number of hydrogen-bond donors (Lipinski definition) is 2. The maximum absolute atomic E-state index is 11.8. The number of hydrogen-bond acceptors (Lipinski definition) is 5. The number of nitrogens with two attached hydrogens (primary N) is 1. The van der Waals surface area contributed by atoms with Crippen molar-refractivity contribution in [2.24, 2.45) is 5.73 Å². The average Bonchev–Trinajstić information content (AvgIpc) is 2.33. The van der Waals surface area contributed by atoms with Crippen molar-refractivity contribution >= 4 is 11.8 Å². The van der Waals surface area contributed by atoms with Crippen LogP contribution in [-0.2, 0) is 14.3 Å². The zero-order valence-electron chi connectivity index (χ0n) is 11.1. The van der Waals surface area contributed by atoms with Crippen LogP contribution in [0, 0.1) is 0 Å². The predicted molar refractivity (Wildman–Crippen MR) is 67.9 cm³/mol. The molecular weight excluding hydrogens is 234 g/mol. The highest BCUT2D eigenvalue weighted by Gasteiger charge is 2.36. The van der Waals surface area contributed by atoms with Crippen molar-refractivity contribution < 1.29 is 14.3 Å². The summed E-state index contributed by atoms with van der Waals surface area (Å²) in [4.78, 5) is 25.2. The summed E-state index contributed by atoms with van der Waals surface area (Å²) >= 11 is 0. The SMILES string of the molecule is CCC1C(=O)NC(=O)CN1C(CCCN)COC. The molecule has 0 saturated carbocycles. The molecule has 1 rings (SSSR count). The largest absolute Gasteiger partial charge is 0.383 e. The highest BCUT2D eigenvalue weighted by Crippen LogP contribution is 2.17. The van der Waals surface area contributed by atoms with Gasteiger partial charge >= 0.3 is 0 Å². The fourth-order valence-electron chi connectivity index (χ4n) is 2.38. The summed E-state index contributed by atoms with van der Waals surface area (Å²) < 4.78 is 5.19. The second-order valence-corrected chi connectivity index (χ2v) is 4.55. The van der Waals surface area contributed by atoms with Gasteiger partial charge < -0.3 is 10.5 Å². The standard InChI is InChI=1S/C12H23N3O3/c1-3-10-12(17)14-11(16)7-15(10)9(8-18-2)5-4-6-13/h9-10H,3-8,13H2,1-2H3,(H,14,16,17). The highest BCUT2D eigenvalue weighted by atomic mass is 16.5. The molecule has 3 N–H and O–H groups in total. The first-order chi connectivity index (χ1) is 8.63.